The summed E-state index contributed by atoms with van der Waals surface area (Å²) in [6.45, 7) is 7.33. The quantitative estimate of drug-likeness (QED) is 0.767. The van der Waals surface area contributed by atoms with Crippen LogP contribution in [0.4, 0.5) is 0 Å². The van der Waals surface area contributed by atoms with Crippen molar-refractivity contribution in [3.05, 3.63) is 16.7 Å². The van der Waals surface area contributed by atoms with E-state index in [9.17, 15) is 9.59 Å². The van der Waals surface area contributed by atoms with Crippen LogP contribution in [-0.2, 0) is 22.6 Å². The van der Waals surface area contributed by atoms with Crippen LogP contribution in [0, 0.1) is 0 Å². The van der Waals surface area contributed by atoms with Crippen LogP contribution in [0.1, 0.15) is 20.8 Å². The number of aromatic nitrogens is 5. The van der Waals surface area contributed by atoms with E-state index in [1.54, 1.807) is 9.58 Å². The molecule has 1 fully saturated rings. The Labute approximate surface area is 132 Å². The number of amides is 1. The van der Waals surface area contributed by atoms with Gasteiger partial charge >= 0.3 is 0 Å². The summed E-state index contributed by atoms with van der Waals surface area (Å²) < 4.78 is 8.45. The first-order chi connectivity index (χ1) is 11.0. The summed E-state index contributed by atoms with van der Waals surface area (Å²) in [6.07, 6.45) is 1.36. The van der Waals surface area contributed by atoms with Crippen molar-refractivity contribution in [1.82, 2.24) is 29.4 Å². The largest absolute Gasteiger partial charge is 0.372 e. The Morgan fingerprint density at radius 1 is 1.35 bits per heavy atom. The Bertz CT molecular complexity index is 772. The summed E-state index contributed by atoms with van der Waals surface area (Å²) in [5, 5.41) is 7.75. The molecule has 0 N–H and O–H groups in total. The number of rotatable bonds is 3. The Balaban J connectivity index is 1.82. The molecule has 0 saturated carbocycles. The van der Waals surface area contributed by atoms with Gasteiger partial charge in [-0.25, -0.2) is 9.67 Å². The minimum absolute atomic E-state index is 0.00974. The summed E-state index contributed by atoms with van der Waals surface area (Å²) in [4.78, 5) is 30.8. The van der Waals surface area contributed by atoms with Gasteiger partial charge in [-0.1, -0.05) is 5.21 Å². The van der Waals surface area contributed by atoms with Crippen LogP contribution in [0.2, 0.25) is 0 Å². The standard InChI is InChI=1S/C14H20N6O3/c1-4-20-13-12(16-17-20)14(22)19(8-15-13)7-11(21)18-5-9(2)23-10(3)6-18/h8-10H,4-7H2,1-3H3/t9-,10-/m0/s1. The molecule has 0 spiro atoms. The van der Waals surface area contributed by atoms with Gasteiger partial charge < -0.3 is 9.64 Å². The Hall–Kier alpha value is -2.29. The van der Waals surface area contributed by atoms with Gasteiger partial charge in [-0.2, -0.15) is 0 Å². The molecule has 2 aromatic heterocycles. The van der Waals surface area contributed by atoms with Gasteiger partial charge in [0.2, 0.25) is 5.91 Å². The molecule has 0 aromatic carbocycles. The van der Waals surface area contributed by atoms with E-state index in [0.29, 0.717) is 25.3 Å². The molecule has 1 saturated heterocycles. The van der Waals surface area contributed by atoms with Crippen LogP contribution < -0.4 is 5.56 Å². The third kappa shape index (κ3) is 2.96. The number of fused-ring (bicyclic) bond motifs is 1. The molecule has 2 aromatic rings. The van der Waals surface area contributed by atoms with Crippen molar-refractivity contribution in [3.63, 3.8) is 0 Å². The molecule has 23 heavy (non-hydrogen) atoms. The second-order valence-electron chi connectivity index (χ2n) is 5.81. The molecule has 3 rings (SSSR count). The van der Waals surface area contributed by atoms with Gasteiger partial charge in [-0.05, 0) is 20.8 Å². The number of nitrogens with zero attached hydrogens (tertiary/aromatic N) is 6. The molecule has 0 radical (unpaired) electrons. The average molecular weight is 320 g/mol. The van der Waals surface area contributed by atoms with Crippen LogP contribution in [-0.4, -0.2) is 60.6 Å². The molecule has 2 atom stereocenters. The number of hydrogen-bond acceptors (Lipinski definition) is 6. The van der Waals surface area contributed by atoms with Crippen LogP contribution in [0.25, 0.3) is 11.2 Å². The second kappa shape index (κ2) is 6.07. The minimum Gasteiger partial charge on any atom is -0.372 e. The Kier molecular flexibility index (Phi) is 4.12. The zero-order valence-corrected chi connectivity index (χ0v) is 13.5. The molecule has 1 aliphatic rings. The van der Waals surface area contributed by atoms with E-state index in [1.807, 2.05) is 20.8 Å². The van der Waals surface area contributed by atoms with E-state index >= 15 is 0 Å². The van der Waals surface area contributed by atoms with Crippen molar-refractivity contribution in [2.75, 3.05) is 13.1 Å². The van der Waals surface area contributed by atoms with Gasteiger partial charge in [0.15, 0.2) is 11.2 Å². The third-order valence-corrected chi connectivity index (χ3v) is 3.87. The summed E-state index contributed by atoms with van der Waals surface area (Å²) in [5.74, 6) is -0.127. The molecule has 0 bridgehead atoms. The predicted molar refractivity (Wildman–Crippen MR) is 81.8 cm³/mol. The molecule has 0 unspecified atom stereocenters. The molecule has 0 aliphatic carbocycles. The van der Waals surface area contributed by atoms with Crippen molar-refractivity contribution in [2.45, 2.75) is 46.1 Å². The van der Waals surface area contributed by atoms with Crippen LogP contribution >= 0.6 is 0 Å². The van der Waals surface area contributed by atoms with Gasteiger partial charge in [0.1, 0.15) is 12.9 Å². The van der Waals surface area contributed by atoms with Gasteiger partial charge in [0.05, 0.1) is 12.2 Å². The van der Waals surface area contributed by atoms with E-state index in [4.69, 9.17) is 4.74 Å². The number of carbonyl (C=O) groups is 1. The van der Waals surface area contributed by atoms with Crippen molar-refractivity contribution in [3.8, 4) is 0 Å². The highest BCUT2D eigenvalue weighted by atomic mass is 16.5. The fourth-order valence-corrected chi connectivity index (χ4v) is 2.84. The summed E-state index contributed by atoms with van der Waals surface area (Å²) >= 11 is 0. The number of carbonyl (C=O) groups excluding carboxylic acids is 1. The van der Waals surface area contributed by atoms with Crippen LogP contribution in [0.15, 0.2) is 11.1 Å². The lowest BCUT2D eigenvalue weighted by Gasteiger charge is -2.35. The van der Waals surface area contributed by atoms with Gasteiger partial charge in [-0.15, -0.1) is 5.10 Å². The molecule has 9 nitrogen and oxygen atoms in total. The van der Waals surface area contributed by atoms with Crippen LogP contribution in [0.5, 0.6) is 0 Å². The number of aryl methyl sites for hydroxylation is 1. The van der Waals surface area contributed by atoms with Gasteiger partial charge in [-0.3, -0.25) is 14.2 Å². The van der Waals surface area contributed by atoms with Gasteiger partial charge in [0, 0.05) is 19.6 Å². The highest BCUT2D eigenvalue weighted by Crippen LogP contribution is 2.11. The monoisotopic (exact) mass is 320 g/mol. The molecular formula is C14H20N6O3. The lowest BCUT2D eigenvalue weighted by molar-refractivity contribution is -0.143. The zero-order valence-electron chi connectivity index (χ0n) is 13.5. The van der Waals surface area contributed by atoms with E-state index in [1.165, 1.54) is 10.9 Å². The highest BCUT2D eigenvalue weighted by Gasteiger charge is 2.26. The zero-order chi connectivity index (χ0) is 16.6. The maximum atomic E-state index is 12.4. The maximum Gasteiger partial charge on any atom is 0.283 e. The van der Waals surface area contributed by atoms with Crippen LogP contribution in [0.3, 0.4) is 0 Å². The fourth-order valence-electron chi connectivity index (χ4n) is 2.84. The molecule has 3 heterocycles. The number of hydrogen-bond donors (Lipinski definition) is 0. The maximum absolute atomic E-state index is 12.4. The molecule has 124 valence electrons. The first kappa shape index (κ1) is 15.6. The third-order valence-electron chi connectivity index (χ3n) is 3.87. The smallest absolute Gasteiger partial charge is 0.283 e. The van der Waals surface area contributed by atoms with E-state index in [2.05, 4.69) is 15.3 Å². The lowest BCUT2D eigenvalue weighted by atomic mass is 10.2. The summed E-state index contributed by atoms with van der Waals surface area (Å²) in [6, 6.07) is 0. The SMILES string of the molecule is CCn1nnc2c(=O)n(CC(=O)N3C[C@H](C)O[C@@H](C)C3)cnc21. The van der Waals surface area contributed by atoms with Crippen molar-refractivity contribution < 1.29 is 9.53 Å². The molecule has 9 heteroatoms. The van der Waals surface area contributed by atoms with Crippen molar-refractivity contribution >= 4 is 17.1 Å². The first-order valence-electron chi connectivity index (χ1n) is 7.71. The topological polar surface area (TPSA) is 95.1 Å². The van der Waals surface area contributed by atoms with Crippen molar-refractivity contribution in [2.24, 2.45) is 0 Å². The van der Waals surface area contributed by atoms with E-state index in [-0.39, 0.29) is 35.7 Å². The summed E-state index contributed by atoms with van der Waals surface area (Å²) in [5.41, 5.74) is 0.276. The Morgan fingerprint density at radius 3 is 2.70 bits per heavy atom. The predicted octanol–water partition coefficient (Wildman–Crippen LogP) is -0.356. The first-order valence-corrected chi connectivity index (χ1v) is 7.71. The highest BCUT2D eigenvalue weighted by molar-refractivity contribution is 5.76. The molecular weight excluding hydrogens is 300 g/mol. The minimum atomic E-state index is -0.350. The second-order valence-corrected chi connectivity index (χ2v) is 5.81. The number of ether oxygens (including phenoxy) is 1. The Morgan fingerprint density at radius 2 is 2.04 bits per heavy atom. The molecule has 1 amide bonds. The van der Waals surface area contributed by atoms with Crippen molar-refractivity contribution in [1.29, 1.82) is 0 Å². The normalized spacial score (nSPS) is 21.8. The summed E-state index contributed by atoms with van der Waals surface area (Å²) in [7, 11) is 0. The molecule has 1 aliphatic heterocycles. The average Bonchev–Trinajstić information content (AvgIpc) is 2.92. The van der Waals surface area contributed by atoms with E-state index in [0.717, 1.165) is 0 Å². The fraction of sp³-hybridized carbons (Fsp3) is 0.643. The van der Waals surface area contributed by atoms with E-state index < -0.39 is 0 Å². The number of morpholine rings is 1. The lowest BCUT2D eigenvalue weighted by Crippen LogP contribution is -2.49. The van der Waals surface area contributed by atoms with Gasteiger partial charge in [0.25, 0.3) is 5.56 Å².